The molecule has 16 heavy (non-hydrogen) atoms. The van der Waals surface area contributed by atoms with E-state index in [0.29, 0.717) is 0 Å². The fourth-order valence-corrected chi connectivity index (χ4v) is 2.99. The SMILES string of the molecule is CNc1ccc(C(N)c2cc(Br)cs2)cc1. The van der Waals surface area contributed by atoms with Crippen molar-refractivity contribution in [1.29, 1.82) is 0 Å². The zero-order valence-corrected chi connectivity index (χ0v) is 11.3. The Morgan fingerprint density at radius 3 is 2.50 bits per heavy atom. The summed E-state index contributed by atoms with van der Waals surface area (Å²) in [6.07, 6.45) is 0. The molecule has 0 spiro atoms. The van der Waals surface area contributed by atoms with Crippen LogP contribution in [0, 0.1) is 0 Å². The molecular weight excluding hydrogens is 284 g/mol. The van der Waals surface area contributed by atoms with Gasteiger partial charge in [-0.1, -0.05) is 12.1 Å². The lowest BCUT2D eigenvalue weighted by Gasteiger charge is -2.10. The molecule has 0 fully saturated rings. The first kappa shape index (κ1) is 11.6. The summed E-state index contributed by atoms with van der Waals surface area (Å²) < 4.78 is 1.09. The third kappa shape index (κ3) is 2.45. The number of nitrogens with one attached hydrogen (secondary N) is 1. The van der Waals surface area contributed by atoms with E-state index < -0.39 is 0 Å². The minimum absolute atomic E-state index is 0.0396. The van der Waals surface area contributed by atoms with Crippen LogP contribution in [0.1, 0.15) is 16.5 Å². The van der Waals surface area contributed by atoms with Gasteiger partial charge in [0.1, 0.15) is 0 Å². The number of anilines is 1. The topological polar surface area (TPSA) is 38.0 Å². The van der Waals surface area contributed by atoms with Gasteiger partial charge in [-0.2, -0.15) is 0 Å². The summed E-state index contributed by atoms with van der Waals surface area (Å²) in [5, 5.41) is 5.14. The van der Waals surface area contributed by atoms with E-state index in [1.54, 1.807) is 11.3 Å². The molecule has 0 radical (unpaired) electrons. The van der Waals surface area contributed by atoms with E-state index in [4.69, 9.17) is 5.73 Å². The molecule has 0 bridgehead atoms. The van der Waals surface area contributed by atoms with Crippen LogP contribution in [-0.4, -0.2) is 7.05 Å². The van der Waals surface area contributed by atoms with Crippen LogP contribution in [0.5, 0.6) is 0 Å². The van der Waals surface area contributed by atoms with E-state index in [1.165, 1.54) is 4.88 Å². The van der Waals surface area contributed by atoms with E-state index in [2.05, 4.69) is 44.8 Å². The highest BCUT2D eigenvalue weighted by atomic mass is 79.9. The molecule has 0 aliphatic rings. The monoisotopic (exact) mass is 296 g/mol. The maximum atomic E-state index is 6.19. The zero-order valence-electron chi connectivity index (χ0n) is 8.91. The molecule has 1 heterocycles. The van der Waals surface area contributed by atoms with Crippen molar-refractivity contribution in [3.05, 3.63) is 50.6 Å². The lowest BCUT2D eigenvalue weighted by molar-refractivity contribution is 0.893. The third-order valence-electron chi connectivity index (χ3n) is 2.45. The van der Waals surface area contributed by atoms with E-state index in [-0.39, 0.29) is 6.04 Å². The van der Waals surface area contributed by atoms with Crippen molar-refractivity contribution in [2.24, 2.45) is 5.73 Å². The van der Waals surface area contributed by atoms with Crippen LogP contribution in [-0.2, 0) is 0 Å². The standard InChI is InChI=1S/C12H13BrN2S/c1-15-10-4-2-8(3-5-10)12(14)11-6-9(13)7-16-11/h2-7,12,15H,14H2,1H3. The molecule has 2 rings (SSSR count). The third-order valence-corrected chi connectivity index (χ3v) is 4.23. The molecule has 0 aliphatic heterocycles. The molecule has 1 aromatic carbocycles. The molecule has 2 nitrogen and oxygen atoms in total. The van der Waals surface area contributed by atoms with Crippen LogP contribution >= 0.6 is 27.3 Å². The predicted molar refractivity (Wildman–Crippen MR) is 74.0 cm³/mol. The van der Waals surface area contributed by atoms with Crippen LogP contribution in [0.2, 0.25) is 0 Å². The Morgan fingerprint density at radius 2 is 2.00 bits per heavy atom. The van der Waals surface area contributed by atoms with Crippen molar-refractivity contribution in [2.75, 3.05) is 12.4 Å². The van der Waals surface area contributed by atoms with Gasteiger partial charge in [-0.3, -0.25) is 0 Å². The zero-order chi connectivity index (χ0) is 11.5. The van der Waals surface area contributed by atoms with Crippen molar-refractivity contribution in [1.82, 2.24) is 0 Å². The fraction of sp³-hybridized carbons (Fsp3) is 0.167. The van der Waals surface area contributed by atoms with Gasteiger partial charge in [-0.15, -0.1) is 11.3 Å². The lowest BCUT2D eigenvalue weighted by Crippen LogP contribution is -2.09. The van der Waals surface area contributed by atoms with Gasteiger partial charge in [-0.25, -0.2) is 0 Å². The molecule has 1 unspecified atom stereocenters. The first-order chi connectivity index (χ1) is 7.70. The Kier molecular flexibility index (Phi) is 3.63. The number of thiophene rings is 1. The Morgan fingerprint density at radius 1 is 1.31 bits per heavy atom. The van der Waals surface area contributed by atoms with Crippen LogP contribution < -0.4 is 11.1 Å². The lowest BCUT2D eigenvalue weighted by atomic mass is 10.1. The molecule has 0 amide bonds. The summed E-state index contributed by atoms with van der Waals surface area (Å²) >= 11 is 5.12. The fourth-order valence-electron chi connectivity index (χ4n) is 1.51. The van der Waals surface area contributed by atoms with Crippen LogP contribution in [0.4, 0.5) is 5.69 Å². The van der Waals surface area contributed by atoms with E-state index >= 15 is 0 Å². The summed E-state index contributed by atoms with van der Waals surface area (Å²) in [4.78, 5) is 1.17. The highest BCUT2D eigenvalue weighted by molar-refractivity contribution is 9.10. The van der Waals surface area contributed by atoms with Gasteiger partial charge in [0, 0.05) is 27.5 Å². The largest absolute Gasteiger partial charge is 0.388 e. The number of benzene rings is 1. The molecule has 0 saturated carbocycles. The second-order valence-electron chi connectivity index (χ2n) is 3.52. The highest BCUT2D eigenvalue weighted by Gasteiger charge is 2.10. The minimum Gasteiger partial charge on any atom is -0.388 e. The van der Waals surface area contributed by atoms with E-state index in [0.717, 1.165) is 15.7 Å². The summed E-state index contributed by atoms with van der Waals surface area (Å²) in [7, 11) is 1.91. The molecule has 3 N–H and O–H groups in total. The summed E-state index contributed by atoms with van der Waals surface area (Å²) in [5.41, 5.74) is 8.42. The smallest absolute Gasteiger partial charge is 0.0646 e. The van der Waals surface area contributed by atoms with Crippen LogP contribution in [0.15, 0.2) is 40.2 Å². The van der Waals surface area contributed by atoms with Gasteiger partial charge >= 0.3 is 0 Å². The molecule has 0 aliphatic carbocycles. The Hall–Kier alpha value is -0.840. The number of hydrogen-bond donors (Lipinski definition) is 2. The second-order valence-corrected chi connectivity index (χ2v) is 5.38. The molecule has 4 heteroatoms. The molecule has 2 aromatic rings. The van der Waals surface area contributed by atoms with Crippen molar-refractivity contribution < 1.29 is 0 Å². The Balaban J connectivity index is 2.23. The molecule has 1 aromatic heterocycles. The predicted octanol–water partition coefficient (Wildman–Crippen LogP) is 3.60. The second kappa shape index (κ2) is 4.99. The number of rotatable bonds is 3. The van der Waals surface area contributed by atoms with Gasteiger partial charge in [0.05, 0.1) is 6.04 Å². The number of halogens is 1. The average Bonchev–Trinajstić information content (AvgIpc) is 2.75. The average molecular weight is 297 g/mol. The summed E-state index contributed by atoms with van der Waals surface area (Å²) in [5.74, 6) is 0. The molecular formula is C12H13BrN2S. The van der Waals surface area contributed by atoms with Crippen molar-refractivity contribution in [3.8, 4) is 0 Å². The molecule has 84 valence electrons. The van der Waals surface area contributed by atoms with Crippen LogP contribution in [0.25, 0.3) is 0 Å². The number of nitrogens with two attached hydrogens (primary N) is 1. The molecule has 1 atom stereocenters. The molecule has 0 saturated heterocycles. The van der Waals surface area contributed by atoms with Gasteiger partial charge < -0.3 is 11.1 Å². The maximum Gasteiger partial charge on any atom is 0.0646 e. The quantitative estimate of drug-likeness (QED) is 0.908. The van der Waals surface area contributed by atoms with Gasteiger partial charge in [0.2, 0.25) is 0 Å². The van der Waals surface area contributed by atoms with Crippen LogP contribution in [0.3, 0.4) is 0 Å². The highest BCUT2D eigenvalue weighted by Crippen LogP contribution is 2.28. The van der Waals surface area contributed by atoms with E-state index in [9.17, 15) is 0 Å². The Labute approximate surface area is 108 Å². The number of hydrogen-bond acceptors (Lipinski definition) is 3. The van der Waals surface area contributed by atoms with Crippen molar-refractivity contribution in [2.45, 2.75) is 6.04 Å². The van der Waals surface area contributed by atoms with Gasteiger partial charge in [-0.05, 0) is 39.7 Å². The summed E-state index contributed by atoms with van der Waals surface area (Å²) in [6, 6.07) is 10.2. The minimum atomic E-state index is -0.0396. The van der Waals surface area contributed by atoms with E-state index in [1.807, 2.05) is 19.2 Å². The van der Waals surface area contributed by atoms with Crippen molar-refractivity contribution in [3.63, 3.8) is 0 Å². The van der Waals surface area contributed by atoms with Crippen molar-refractivity contribution >= 4 is 33.0 Å². The van der Waals surface area contributed by atoms with Gasteiger partial charge in [0.15, 0.2) is 0 Å². The first-order valence-corrected chi connectivity index (χ1v) is 6.65. The maximum absolute atomic E-state index is 6.19. The van der Waals surface area contributed by atoms with Gasteiger partial charge in [0.25, 0.3) is 0 Å². The normalized spacial score (nSPS) is 12.4. The first-order valence-electron chi connectivity index (χ1n) is 4.98. The Bertz CT molecular complexity index is 464. The summed E-state index contributed by atoms with van der Waals surface area (Å²) in [6.45, 7) is 0.